The number of nitrogens with two attached hydrogens (primary N) is 1. The van der Waals surface area contributed by atoms with Crippen molar-refractivity contribution in [3.05, 3.63) is 75.6 Å². The molecule has 3 rings (SSSR count). The van der Waals surface area contributed by atoms with E-state index in [9.17, 15) is 4.79 Å². The third-order valence-electron chi connectivity index (χ3n) is 4.36. The number of amides is 1. The normalized spacial score (nSPS) is 10.5. The van der Waals surface area contributed by atoms with E-state index in [0.717, 1.165) is 28.1 Å². The van der Waals surface area contributed by atoms with Crippen molar-refractivity contribution >= 4 is 17.5 Å². The number of hydrogen-bond acceptors (Lipinski definition) is 3. The van der Waals surface area contributed by atoms with Crippen LogP contribution in [0.4, 0.5) is 0 Å². The Bertz CT molecular complexity index is 1050. The number of hydrogen-bond donors (Lipinski definition) is 1. The van der Waals surface area contributed by atoms with E-state index in [-0.39, 0.29) is 0 Å². The lowest BCUT2D eigenvalue weighted by Crippen LogP contribution is -2.15. The van der Waals surface area contributed by atoms with Crippen molar-refractivity contribution in [1.29, 1.82) is 5.26 Å². The average molecular weight is 365 g/mol. The Kier molecular flexibility index (Phi) is 4.79. The van der Waals surface area contributed by atoms with Crippen LogP contribution in [0.25, 0.3) is 11.1 Å². The predicted molar refractivity (Wildman–Crippen MR) is 101 cm³/mol. The van der Waals surface area contributed by atoms with Crippen LogP contribution in [0.3, 0.4) is 0 Å². The van der Waals surface area contributed by atoms with Crippen LogP contribution in [-0.4, -0.2) is 15.7 Å². The van der Waals surface area contributed by atoms with Crippen LogP contribution in [0.5, 0.6) is 0 Å². The van der Waals surface area contributed by atoms with E-state index in [2.05, 4.69) is 11.2 Å². The zero-order valence-electron chi connectivity index (χ0n) is 14.5. The number of aryl methyl sites for hydroxylation is 1. The molecule has 0 radical (unpaired) electrons. The molecule has 130 valence electrons. The van der Waals surface area contributed by atoms with Gasteiger partial charge in [0.2, 0.25) is 5.91 Å². The number of halogens is 1. The summed E-state index contributed by atoms with van der Waals surface area (Å²) in [7, 11) is 0. The molecule has 26 heavy (non-hydrogen) atoms. The molecule has 6 heteroatoms. The number of aromatic nitrogens is 2. The molecule has 0 aliphatic rings. The first-order valence-corrected chi connectivity index (χ1v) is 8.42. The third kappa shape index (κ3) is 3.19. The Labute approximate surface area is 156 Å². The first-order valence-electron chi connectivity index (χ1n) is 8.04. The van der Waals surface area contributed by atoms with Gasteiger partial charge in [0.05, 0.1) is 22.8 Å². The van der Waals surface area contributed by atoms with Crippen molar-refractivity contribution in [2.45, 2.75) is 20.4 Å². The van der Waals surface area contributed by atoms with Gasteiger partial charge in [-0.2, -0.15) is 10.4 Å². The number of primary amides is 1. The summed E-state index contributed by atoms with van der Waals surface area (Å²) in [6, 6.07) is 14.6. The summed E-state index contributed by atoms with van der Waals surface area (Å²) in [4.78, 5) is 11.6. The molecule has 1 heterocycles. The van der Waals surface area contributed by atoms with Gasteiger partial charge in [-0.1, -0.05) is 35.9 Å². The van der Waals surface area contributed by atoms with Gasteiger partial charge in [0, 0.05) is 16.8 Å². The number of carbonyl (C=O) groups is 1. The van der Waals surface area contributed by atoms with E-state index in [1.165, 1.54) is 0 Å². The van der Waals surface area contributed by atoms with Gasteiger partial charge < -0.3 is 5.73 Å². The molecule has 0 aliphatic heterocycles. The van der Waals surface area contributed by atoms with Gasteiger partial charge in [0.1, 0.15) is 6.07 Å². The summed E-state index contributed by atoms with van der Waals surface area (Å²) >= 11 is 6.18. The standard InChI is InChI=1S/C20H17ClN4O/c1-12-19(14-7-8-15(10-22)18(21)9-14)13(2)25(24-12)11-16-5-3-4-6-17(16)20(23)26/h3-9H,11H2,1-2H3,(H2,23,26). The Morgan fingerprint density at radius 1 is 1.27 bits per heavy atom. The minimum atomic E-state index is -0.457. The van der Waals surface area contributed by atoms with Crippen molar-refractivity contribution < 1.29 is 4.79 Å². The summed E-state index contributed by atoms with van der Waals surface area (Å²) < 4.78 is 1.85. The smallest absolute Gasteiger partial charge is 0.249 e. The van der Waals surface area contributed by atoms with E-state index in [1.54, 1.807) is 24.3 Å². The molecule has 0 bridgehead atoms. The quantitative estimate of drug-likeness (QED) is 0.763. The fraction of sp³-hybridized carbons (Fsp3) is 0.150. The van der Waals surface area contributed by atoms with Crippen LogP contribution < -0.4 is 5.73 Å². The molecule has 0 saturated carbocycles. The van der Waals surface area contributed by atoms with Crippen LogP contribution in [-0.2, 0) is 6.54 Å². The lowest BCUT2D eigenvalue weighted by atomic mass is 10.0. The van der Waals surface area contributed by atoms with E-state index < -0.39 is 5.91 Å². The summed E-state index contributed by atoms with van der Waals surface area (Å²) in [5.74, 6) is -0.457. The second-order valence-electron chi connectivity index (χ2n) is 6.03. The first kappa shape index (κ1) is 17.7. The maximum Gasteiger partial charge on any atom is 0.249 e. The van der Waals surface area contributed by atoms with E-state index in [1.807, 2.05) is 36.7 Å². The zero-order chi connectivity index (χ0) is 18.8. The molecule has 0 unspecified atom stereocenters. The zero-order valence-corrected chi connectivity index (χ0v) is 15.2. The van der Waals surface area contributed by atoms with Gasteiger partial charge in [-0.25, -0.2) is 0 Å². The third-order valence-corrected chi connectivity index (χ3v) is 4.68. The van der Waals surface area contributed by atoms with Gasteiger partial charge in [-0.3, -0.25) is 9.48 Å². The summed E-state index contributed by atoms with van der Waals surface area (Å²) in [6.07, 6.45) is 0. The Balaban J connectivity index is 2.03. The van der Waals surface area contributed by atoms with E-state index in [0.29, 0.717) is 22.7 Å². The lowest BCUT2D eigenvalue weighted by Gasteiger charge is -2.09. The number of nitriles is 1. The van der Waals surface area contributed by atoms with Gasteiger partial charge in [-0.15, -0.1) is 0 Å². The Hall–Kier alpha value is -3.10. The van der Waals surface area contributed by atoms with Gasteiger partial charge >= 0.3 is 0 Å². The van der Waals surface area contributed by atoms with Crippen LogP contribution in [0.2, 0.25) is 5.02 Å². The fourth-order valence-electron chi connectivity index (χ4n) is 3.09. The van der Waals surface area contributed by atoms with E-state index >= 15 is 0 Å². The summed E-state index contributed by atoms with van der Waals surface area (Å²) in [5.41, 5.74) is 10.9. The predicted octanol–water partition coefficient (Wildman–Crippen LogP) is 3.84. The van der Waals surface area contributed by atoms with Crippen molar-refractivity contribution in [3.63, 3.8) is 0 Å². The van der Waals surface area contributed by atoms with Gasteiger partial charge in [0.15, 0.2) is 0 Å². The Morgan fingerprint density at radius 2 is 2.00 bits per heavy atom. The highest BCUT2D eigenvalue weighted by atomic mass is 35.5. The molecule has 0 aliphatic carbocycles. The fourth-order valence-corrected chi connectivity index (χ4v) is 3.31. The Morgan fingerprint density at radius 3 is 2.65 bits per heavy atom. The van der Waals surface area contributed by atoms with Crippen molar-refractivity contribution in [2.24, 2.45) is 5.73 Å². The van der Waals surface area contributed by atoms with Crippen molar-refractivity contribution in [2.75, 3.05) is 0 Å². The molecule has 0 spiro atoms. The molecule has 5 nitrogen and oxygen atoms in total. The largest absolute Gasteiger partial charge is 0.366 e. The molecular weight excluding hydrogens is 348 g/mol. The number of carbonyl (C=O) groups excluding carboxylic acids is 1. The number of nitrogens with zero attached hydrogens (tertiary/aromatic N) is 3. The first-order chi connectivity index (χ1) is 12.4. The number of rotatable bonds is 4. The highest BCUT2D eigenvalue weighted by molar-refractivity contribution is 6.32. The topological polar surface area (TPSA) is 84.7 Å². The van der Waals surface area contributed by atoms with Crippen molar-refractivity contribution in [1.82, 2.24) is 9.78 Å². The number of benzene rings is 2. The summed E-state index contributed by atoms with van der Waals surface area (Å²) in [5, 5.41) is 14.1. The van der Waals surface area contributed by atoms with Crippen LogP contribution in [0, 0.1) is 25.2 Å². The van der Waals surface area contributed by atoms with Crippen molar-refractivity contribution in [3.8, 4) is 17.2 Å². The second kappa shape index (κ2) is 7.03. The highest BCUT2D eigenvalue weighted by Gasteiger charge is 2.16. The van der Waals surface area contributed by atoms with Crippen LogP contribution in [0.1, 0.15) is 32.9 Å². The monoisotopic (exact) mass is 364 g/mol. The second-order valence-corrected chi connectivity index (χ2v) is 6.44. The molecule has 2 aromatic carbocycles. The summed E-state index contributed by atoms with van der Waals surface area (Å²) in [6.45, 7) is 4.33. The van der Waals surface area contributed by atoms with Gasteiger partial charge in [-0.05, 0) is 43.2 Å². The molecule has 1 aromatic heterocycles. The minimum Gasteiger partial charge on any atom is -0.366 e. The molecule has 0 saturated heterocycles. The molecule has 3 aromatic rings. The van der Waals surface area contributed by atoms with Gasteiger partial charge in [0.25, 0.3) is 0 Å². The highest BCUT2D eigenvalue weighted by Crippen LogP contribution is 2.30. The SMILES string of the molecule is Cc1nn(Cc2ccccc2C(N)=O)c(C)c1-c1ccc(C#N)c(Cl)c1. The maximum absolute atomic E-state index is 11.6. The maximum atomic E-state index is 11.6. The van der Waals surface area contributed by atoms with Crippen LogP contribution in [0.15, 0.2) is 42.5 Å². The van der Waals surface area contributed by atoms with Crippen LogP contribution >= 0.6 is 11.6 Å². The lowest BCUT2D eigenvalue weighted by molar-refractivity contribution is 0.0999. The molecule has 2 N–H and O–H groups in total. The molecule has 0 fully saturated rings. The molecule has 0 atom stereocenters. The van der Waals surface area contributed by atoms with E-state index in [4.69, 9.17) is 22.6 Å². The molecular formula is C20H17ClN4O. The average Bonchev–Trinajstić information content (AvgIpc) is 2.88. The molecule has 1 amide bonds. The minimum absolute atomic E-state index is 0.413.